The van der Waals surface area contributed by atoms with Crippen LogP contribution >= 0.6 is 0 Å². The second-order valence-corrected chi connectivity index (χ2v) is 9.25. The monoisotopic (exact) mass is 466 g/mol. The Labute approximate surface area is 198 Å². The van der Waals surface area contributed by atoms with Crippen molar-refractivity contribution < 1.29 is 19.6 Å². The van der Waals surface area contributed by atoms with Crippen LogP contribution in [0.3, 0.4) is 0 Å². The normalized spacial score (nSPS) is 19.0. The number of hydrogen-bond donors (Lipinski definition) is 2. The minimum absolute atomic E-state index is 0.0189. The van der Waals surface area contributed by atoms with Gasteiger partial charge in [-0.15, -0.1) is 0 Å². The summed E-state index contributed by atoms with van der Waals surface area (Å²) >= 11 is 0. The largest absolute Gasteiger partial charge is 0.330 e. The van der Waals surface area contributed by atoms with Gasteiger partial charge in [-0.3, -0.25) is 29.9 Å². The van der Waals surface area contributed by atoms with Crippen LogP contribution in [-0.4, -0.2) is 67.5 Å². The molecule has 0 radical (unpaired) electrons. The lowest BCUT2D eigenvalue weighted by molar-refractivity contribution is -0.157. The van der Waals surface area contributed by atoms with E-state index in [9.17, 15) is 19.6 Å². The Morgan fingerprint density at radius 2 is 2.18 bits per heavy atom. The van der Waals surface area contributed by atoms with Crippen molar-refractivity contribution in [2.75, 3.05) is 18.4 Å². The molecule has 1 saturated carbocycles. The van der Waals surface area contributed by atoms with Gasteiger partial charge in [0, 0.05) is 30.7 Å². The van der Waals surface area contributed by atoms with Gasteiger partial charge in [0.2, 0.25) is 24.2 Å². The van der Waals surface area contributed by atoms with Crippen LogP contribution in [0.5, 0.6) is 0 Å². The zero-order chi connectivity index (χ0) is 24.1. The number of amides is 3. The zero-order valence-corrected chi connectivity index (χ0v) is 19.3. The molecule has 2 atom stereocenters. The molecule has 2 fully saturated rings. The van der Waals surface area contributed by atoms with E-state index >= 15 is 0 Å². The Balaban J connectivity index is 1.51. The number of nitrogens with zero attached hydrogens (tertiary/aromatic N) is 5. The SMILES string of the molecule is CCCCC(CN(O)C=O)C(=O)N1CC2(CC2)C[C@H]1C(=O)Nc1nccc(-c2cccnc2)n1. The van der Waals surface area contributed by atoms with Crippen LogP contribution in [0.25, 0.3) is 11.3 Å². The van der Waals surface area contributed by atoms with Crippen LogP contribution in [0.4, 0.5) is 5.95 Å². The first kappa shape index (κ1) is 23.7. The molecule has 4 rings (SSSR count). The Morgan fingerprint density at radius 1 is 1.35 bits per heavy atom. The van der Waals surface area contributed by atoms with Crippen molar-refractivity contribution in [1.29, 1.82) is 0 Å². The van der Waals surface area contributed by atoms with Crippen molar-refractivity contribution in [3.63, 3.8) is 0 Å². The number of aromatic nitrogens is 3. The van der Waals surface area contributed by atoms with E-state index in [2.05, 4.69) is 20.3 Å². The van der Waals surface area contributed by atoms with E-state index in [0.717, 1.165) is 31.2 Å². The topological polar surface area (TPSA) is 129 Å². The van der Waals surface area contributed by atoms with Crippen molar-refractivity contribution in [3.8, 4) is 11.3 Å². The highest BCUT2D eigenvalue weighted by Crippen LogP contribution is 2.55. The standard InChI is InChI=1S/C24H30N6O4/c1-2-3-5-18(14-29(34)16-31)22(33)30-15-24(8-9-24)12-20(30)21(32)28-23-26-11-7-19(27-23)17-6-4-10-25-13-17/h4,6-7,10-11,13,16,18,20,34H,2-3,5,8-9,12,14-15H2,1H3,(H,26,27,28,32)/t18?,20-/m0/s1. The molecule has 1 aliphatic carbocycles. The molecule has 2 aliphatic rings. The molecule has 1 aliphatic heterocycles. The number of unbranched alkanes of at least 4 members (excludes halogenated alkanes) is 1. The third kappa shape index (κ3) is 5.39. The van der Waals surface area contributed by atoms with E-state index in [-0.39, 0.29) is 29.7 Å². The average Bonchev–Trinajstić information content (AvgIpc) is 3.51. The summed E-state index contributed by atoms with van der Waals surface area (Å²) in [5, 5.41) is 13.0. The molecule has 0 bridgehead atoms. The number of carbonyl (C=O) groups excluding carboxylic acids is 3. The Kier molecular flexibility index (Phi) is 7.16. The molecule has 2 aromatic rings. The Bertz CT molecular complexity index is 1030. The molecular formula is C24H30N6O4. The second-order valence-electron chi connectivity index (χ2n) is 9.25. The number of likely N-dealkylation sites (tertiary alicyclic amines) is 1. The minimum atomic E-state index is -0.645. The van der Waals surface area contributed by atoms with Crippen molar-refractivity contribution in [2.24, 2.45) is 11.3 Å². The van der Waals surface area contributed by atoms with E-state index in [1.807, 2.05) is 13.0 Å². The second kappa shape index (κ2) is 10.3. The summed E-state index contributed by atoms with van der Waals surface area (Å²) in [4.78, 5) is 52.1. The highest BCUT2D eigenvalue weighted by molar-refractivity contribution is 5.97. The zero-order valence-electron chi connectivity index (χ0n) is 19.3. The average molecular weight is 467 g/mol. The molecule has 2 N–H and O–H groups in total. The fraction of sp³-hybridized carbons (Fsp3) is 0.500. The van der Waals surface area contributed by atoms with Crippen LogP contribution in [0.15, 0.2) is 36.8 Å². The van der Waals surface area contributed by atoms with Crippen molar-refractivity contribution in [1.82, 2.24) is 24.9 Å². The van der Waals surface area contributed by atoms with Crippen LogP contribution in [-0.2, 0) is 14.4 Å². The first-order chi connectivity index (χ1) is 16.4. The third-order valence-electron chi connectivity index (χ3n) is 6.68. The molecule has 10 heteroatoms. The fourth-order valence-electron chi connectivity index (χ4n) is 4.60. The van der Waals surface area contributed by atoms with Gasteiger partial charge in [-0.25, -0.2) is 15.0 Å². The summed E-state index contributed by atoms with van der Waals surface area (Å²) < 4.78 is 0. The summed E-state index contributed by atoms with van der Waals surface area (Å²) in [5.41, 5.74) is 1.42. The van der Waals surface area contributed by atoms with E-state index < -0.39 is 12.0 Å². The number of nitrogens with one attached hydrogen (secondary N) is 1. The molecule has 180 valence electrons. The van der Waals surface area contributed by atoms with Gasteiger partial charge in [0.05, 0.1) is 18.2 Å². The van der Waals surface area contributed by atoms with Gasteiger partial charge in [-0.2, -0.15) is 0 Å². The van der Waals surface area contributed by atoms with Crippen molar-refractivity contribution in [2.45, 2.75) is 51.5 Å². The number of anilines is 1. The van der Waals surface area contributed by atoms with Gasteiger partial charge < -0.3 is 4.90 Å². The Morgan fingerprint density at radius 3 is 2.85 bits per heavy atom. The lowest BCUT2D eigenvalue weighted by Crippen LogP contribution is -2.47. The summed E-state index contributed by atoms with van der Waals surface area (Å²) in [7, 11) is 0. The highest BCUT2D eigenvalue weighted by atomic mass is 16.5. The number of hydrogen-bond acceptors (Lipinski definition) is 7. The van der Waals surface area contributed by atoms with Gasteiger partial charge >= 0.3 is 0 Å². The predicted molar refractivity (Wildman–Crippen MR) is 123 cm³/mol. The molecule has 10 nitrogen and oxygen atoms in total. The Hall–Kier alpha value is -3.40. The van der Waals surface area contributed by atoms with Crippen LogP contribution in [0.1, 0.15) is 45.4 Å². The maximum Gasteiger partial charge on any atom is 0.249 e. The summed E-state index contributed by atoms with van der Waals surface area (Å²) in [6.45, 7) is 2.44. The van der Waals surface area contributed by atoms with Crippen LogP contribution in [0.2, 0.25) is 0 Å². The molecule has 3 heterocycles. The molecule has 0 aromatic carbocycles. The van der Waals surface area contributed by atoms with Gasteiger partial charge in [0.1, 0.15) is 6.04 Å². The number of hydroxylamine groups is 2. The van der Waals surface area contributed by atoms with Crippen LogP contribution in [0, 0.1) is 11.3 Å². The van der Waals surface area contributed by atoms with Gasteiger partial charge in [-0.05, 0) is 49.3 Å². The molecular weight excluding hydrogens is 436 g/mol. The first-order valence-electron chi connectivity index (χ1n) is 11.7. The van der Waals surface area contributed by atoms with Crippen molar-refractivity contribution in [3.05, 3.63) is 36.8 Å². The number of pyridine rings is 1. The predicted octanol–water partition coefficient (Wildman–Crippen LogP) is 2.51. The highest BCUT2D eigenvalue weighted by Gasteiger charge is 2.55. The molecule has 3 amide bonds. The minimum Gasteiger partial charge on any atom is -0.330 e. The van der Waals surface area contributed by atoms with E-state index in [1.165, 1.54) is 0 Å². The number of carbonyl (C=O) groups is 3. The third-order valence-corrected chi connectivity index (χ3v) is 6.68. The van der Waals surface area contributed by atoms with Crippen LogP contribution < -0.4 is 5.32 Å². The molecule has 1 unspecified atom stereocenters. The van der Waals surface area contributed by atoms with E-state index in [0.29, 0.717) is 36.6 Å². The maximum absolute atomic E-state index is 13.5. The maximum atomic E-state index is 13.5. The van der Waals surface area contributed by atoms with Gasteiger partial charge in [0.15, 0.2) is 0 Å². The van der Waals surface area contributed by atoms with Gasteiger partial charge in [0.25, 0.3) is 0 Å². The lowest BCUT2D eigenvalue weighted by Gasteiger charge is -2.29. The quantitative estimate of drug-likeness (QED) is 0.313. The van der Waals surface area contributed by atoms with E-state index in [4.69, 9.17) is 0 Å². The summed E-state index contributed by atoms with van der Waals surface area (Å²) in [5.74, 6) is -0.931. The number of rotatable bonds is 10. The fourth-order valence-corrected chi connectivity index (χ4v) is 4.60. The molecule has 2 aromatic heterocycles. The first-order valence-corrected chi connectivity index (χ1v) is 11.7. The smallest absolute Gasteiger partial charge is 0.249 e. The lowest BCUT2D eigenvalue weighted by atomic mass is 9.99. The molecule has 34 heavy (non-hydrogen) atoms. The molecule has 1 saturated heterocycles. The van der Waals surface area contributed by atoms with E-state index in [1.54, 1.807) is 35.6 Å². The summed E-state index contributed by atoms with van der Waals surface area (Å²) in [6.07, 6.45) is 9.98. The summed E-state index contributed by atoms with van der Waals surface area (Å²) in [6, 6.07) is 4.77. The van der Waals surface area contributed by atoms with Gasteiger partial charge in [-0.1, -0.05) is 19.8 Å². The molecule has 1 spiro atoms. The van der Waals surface area contributed by atoms with Crippen molar-refractivity contribution >= 4 is 24.2 Å².